The smallest absolute Gasteiger partial charge is 0.222 e. The van der Waals surface area contributed by atoms with Crippen LogP contribution in [0.2, 0.25) is 0 Å². The zero-order valence-electron chi connectivity index (χ0n) is 13.3. The van der Waals surface area contributed by atoms with Crippen molar-refractivity contribution < 1.29 is 28.4 Å². The van der Waals surface area contributed by atoms with Gasteiger partial charge in [0, 0.05) is 28.4 Å². The fourth-order valence-electron chi connectivity index (χ4n) is 3.29. The molecule has 0 unspecified atom stereocenters. The Bertz CT molecular complexity index is 369. The van der Waals surface area contributed by atoms with Crippen molar-refractivity contribution in [3.8, 4) is 0 Å². The van der Waals surface area contributed by atoms with Crippen molar-refractivity contribution in [3.63, 3.8) is 0 Å². The molecule has 0 bridgehead atoms. The summed E-state index contributed by atoms with van der Waals surface area (Å²) in [6.45, 7) is 1.05. The Morgan fingerprint density at radius 1 is 1.05 bits per heavy atom. The lowest BCUT2D eigenvalue weighted by Gasteiger charge is -2.57. The maximum Gasteiger partial charge on any atom is 0.222 e. The normalized spacial score (nSPS) is 41.7. The Morgan fingerprint density at radius 3 is 2.23 bits per heavy atom. The molecule has 5 atom stereocenters. The van der Waals surface area contributed by atoms with E-state index in [4.69, 9.17) is 28.4 Å². The van der Waals surface area contributed by atoms with Gasteiger partial charge >= 0.3 is 0 Å². The molecule has 2 aliphatic heterocycles. The van der Waals surface area contributed by atoms with E-state index in [0.29, 0.717) is 13.2 Å². The second-order valence-electron chi connectivity index (χ2n) is 5.49. The zero-order valence-corrected chi connectivity index (χ0v) is 17.7. The van der Waals surface area contributed by atoms with Gasteiger partial charge in [-0.05, 0) is 12.8 Å². The van der Waals surface area contributed by atoms with E-state index in [1.807, 2.05) is 0 Å². The van der Waals surface area contributed by atoms with Crippen LogP contribution in [0.1, 0.15) is 12.8 Å². The largest absolute Gasteiger partial charge is 0.382 e. The topological polar surface area (TPSA) is 55.4 Å². The van der Waals surface area contributed by atoms with Crippen molar-refractivity contribution in [2.24, 2.45) is 0 Å². The molecule has 2 fully saturated rings. The summed E-state index contributed by atoms with van der Waals surface area (Å²) < 4.78 is 34.8. The van der Waals surface area contributed by atoms with Crippen LogP contribution in [0.15, 0.2) is 0 Å². The molecule has 22 heavy (non-hydrogen) atoms. The fraction of sp³-hybridized carbons (Fsp3) is 1.00. The molecule has 8 heteroatoms. The summed E-state index contributed by atoms with van der Waals surface area (Å²) in [5, 5.41) is 0. The fourth-order valence-corrected chi connectivity index (χ4v) is 5.24. The van der Waals surface area contributed by atoms with Crippen LogP contribution in [0.3, 0.4) is 0 Å². The highest BCUT2D eigenvalue weighted by molar-refractivity contribution is 14.2. The molecule has 6 nitrogen and oxygen atoms in total. The van der Waals surface area contributed by atoms with E-state index in [1.54, 1.807) is 28.4 Å². The third kappa shape index (κ3) is 3.31. The quantitative estimate of drug-likeness (QED) is 0.393. The third-order valence-electron chi connectivity index (χ3n) is 4.28. The van der Waals surface area contributed by atoms with Gasteiger partial charge < -0.3 is 28.4 Å². The van der Waals surface area contributed by atoms with Crippen LogP contribution in [0.5, 0.6) is 0 Å². The van der Waals surface area contributed by atoms with Gasteiger partial charge in [0.15, 0.2) is 0 Å². The highest BCUT2D eigenvalue weighted by Crippen LogP contribution is 2.54. The third-order valence-corrected chi connectivity index (χ3v) is 6.86. The molecule has 1 spiro atoms. The maximum absolute atomic E-state index is 6.42. The first kappa shape index (κ1) is 19.5. The van der Waals surface area contributed by atoms with Gasteiger partial charge in [0.1, 0.15) is 25.8 Å². The molecular formula is C14H24I2O6. The lowest BCUT2D eigenvalue weighted by Crippen LogP contribution is -2.73. The Morgan fingerprint density at radius 2 is 1.73 bits per heavy atom. The molecule has 130 valence electrons. The monoisotopic (exact) mass is 542 g/mol. The van der Waals surface area contributed by atoms with E-state index in [2.05, 4.69) is 45.2 Å². The predicted octanol–water partition coefficient (Wildman–Crippen LogP) is 2.15. The molecule has 2 aliphatic rings. The van der Waals surface area contributed by atoms with Crippen molar-refractivity contribution >= 4 is 45.2 Å². The first-order valence-electron chi connectivity index (χ1n) is 7.24. The van der Waals surface area contributed by atoms with Gasteiger partial charge in [-0.15, -0.1) is 0 Å². The second-order valence-corrected chi connectivity index (χ2v) is 11.2. The maximum atomic E-state index is 6.42. The highest BCUT2D eigenvalue weighted by Gasteiger charge is 2.66. The standard InChI is InChI=1S/C14H24I2O6/c1-17-8-9-10(18-2)11(19-3)12(20-4)14(22-9)13(15,16)6-5-7-21-14/h9-12H,5-8H2,1-4H3/t9-,10-,11+,12+,14-/m1/s1. The summed E-state index contributed by atoms with van der Waals surface area (Å²) in [6.07, 6.45) is 0.716. The first-order valence-corrected chi connectivity index (χ1v) is 9.40. The minimum atomic E-state index is -0.889. The van der Waals surface area contributed by atoms with Crippen molar-refractivity contribution in [3.05, 3.63) is 0 Å². The molecule has 0 aromatic carbocycles. The van der Waals surface area contributed by atoms with Crippen LogP contribution < -0.4 is 0 Å². The van der Waals surface area contributed by atoms with E-state index in [0.717, 1.165) is 12.8 Å². The van der Waals surface area contributed by atoms with Crippen LogP contribution >= 0.6 is 45.2 Å². The van der Waals surface area contributed by atoms with Gasteiger partial charge in [-0.3, -0.25) is 0 Å². The van der Waals surface area contributed by atoms with Gasteiger partial charge in [-0.25, -0.2) is 0 Å². The van der Waals surface area contributed by atoms with Crippen LogP contribution in [-0.2, 0) is 28.4 Å². The Balaban J connectivity index is 2.42. The van der Waals surface area contributed by atoms with Gasteiger partial charge in [-0.2, -0.15) is 0 Å². The molecule has 0 N–H and O–H groups in total. The number of alkyl halides is 2. The van der Waals surface area contributed by atoms with Crippen molar-refractivity contribution in [2.45, 2.75) is 44.5 Å². The zero-order chi connectivity index (χ0) is 16.4. The lowest BCUT2D eigenvalue weighted by atomic mass is 9.87. The number of hydrogen-bond acceptors (Lipinski definition) is 6. The second kappa shape index (κ2) is 8.07. The minimum Gasteiger partial charge on any atom is -0.382 e. The summed E-state index contributed by atoms with van der Waals surface area (Å²) in [7, 11) is 6.62. The SMILES string of the molecule is COC[C@H]1O[C@]2(OCCCC2(I)I)[C@@H](OC)[C@@H](OC)[C@@H]1OC. The highest BCUT2D eigenvalue weighted by atomic mass is 127. The number of rotatable bonds is 5. The first-order chi connectivity index (χ1) is 10.5. The number of hydrogen-bond donors (Lipinski definition) is 0. The van der Waals surface area contributed by atoms with Crippen LogP contribution in [0, 0.1) is 0 Å². The van der Waals surface area contributed by atoms with E-state index in [1.165, 1.54) is 0 Å². The van der Waals surface area contributed by atoms with Gasteiger partial charge in [0.2, 0.25) is 5.79 Å². The van der Waals surface area contributed by atoms with Crippen molar-refractivity contribution in [2.75, 3.05) is 41.7 Å². The van der Waals surface area contributed by atoms with Gasteiger partial charge in [0.05, 0.1) is 13.2 Å². The molecule has 2 heterocycles. The van der Waals surface area contributed by atoms with Crippen LogP contribution in [0.25, 0.3) is 0 Å². The molecule has 0 aromatic heterocycles. The van der Waals surface area contributed by atoms with Crippen molar-refractivity contribution in [1.82, 2.24) is 0 Å². The van der Waals surface area contributed by atoms with Crippen LogP contribution in [0.4, 0.5) is 0 Å². The van der Waals surface area contributed by atoms with E-state index >= 15 is 0 Å². The van der Waals surface area contributed by atoms with Gasteiger partial charge in [0.25, 0.3) is 0 Å². The predicted molar refractivity (Wildman–Crippen MR) is 97.8 cm³/mol. The minimum absolute atomic E-state index is 0.261. The average molecular weight is 542 g/mol. The molecule has 0 radical (unpaired) electrons. The molecular weight excluding hydrogens is 518 g/mol. The molecule has 2 saturated heterocycles. The molecule has 0 aliphatic carbocycles. The summed E-state index contributed by atoms with van der Waals surface area (Å²) in [6, 6.07) is 0. The summed E-state index contributed by atoms with van der Waals surface area (Å²) in [4.78, 5) is 0. The lowest BCUT2D eigenvalue weighted by molar-refractivity contribution is -0.378. The van der Waals surface area contributed by atoms with E-state index in [9.17, 15) is 0 Å². The van der Waals surface area contributed by atoms with E-state index < -0.39 is 5.79 Å². The summed E-state index contributed by atoms with van der Waals surface area (Å²) in [5.41, 5.74) is 0. The average Bonchev–Trinajstić information content (AvgIpc) is 2.49. The molecule has 2 rings (SSSR count). The van der Waals surface area contributed by atoms with Crippen molar-refractivity contribution in [1.29, 1.82) is 0 Å². The number of ether oxygens (including phenoxy) is 6. The molecule has 0 aromatic rings. The molecule has 0 saturated carbocycles. The summed E-state index contributed by atoms with van der Waals surface area (Å²) in [5.74, 6) is -0.889. The van der Waals surface area contributed by atoms with E-state index in [-0.39, 0.29) is 25.8 Å². The summed E-state index contributed by atoms with van der Waals surface area (Å²) >= 11 is 4.81. The van der Waals surface area contributed by atoms with Crippen LogP contribution in [-0.4, -0.2) is 73.3 Å². The number of halogens is 2. The Hall–Kier alpha value is 1.22. The molecule has 0 amide bonds. The van der Waals surface area contributed by atoms with Gasteiger partial charge in [-0.1, -0.05) is 45.2 Å². The Labute approximate surface area is 159 Å². The number of methoxy groups -OCH3 is 4. The Kier molecular flexibility index (Phi) is 7.17.